The molecule has 1 rings (SSSR count). The van der Waals surface area contributed by atoms with Gasteiger partial charge in [0.15, 0.2) is 0 Å². The maximum Gasteiger partial charge on any atom is 0.117 e. The van der Waals surface area contributed by atoms with Gasteiger partial charge in [-0.15, -0.1) is 0 Å². The molecule has 0 aromatic heterocycles. The molecular weight excluding hydrogens is 270 g/mol. The lowest BCUT2D eigenvalue weighted by atomic mass is 10.2. The van der Waals surface area contributed by atoms with E-state index in [9.17, 15) is 0 Å². The normalized spacial score (nSPS) is 16.9. The number of rotatable bonds is 7. The highest BCUT2D eigenvalue weighted by molar-refractivity contribution is 7.80. The summed E-state index contributed by atoms with van der Waals surface area (Å²) < 4.78 is 0. The summed E-state index contributed by atoms with van der Waals surface area (Å²) in [6, 6.07) is 1.43. The Hall–Kier alpha value is -0.690. The lowest BCUT2D eigenvalue weighted by molar-refractivity contribution is 0.0745. The summed E-state index contributed by atoms with van der Waals surface area (Å²) in [6.45, 7) is 14.1. The second-order valence-corrected chi connectivity index (χ2v) is 6.49. The Morgan fingerprint density at radius 3 is 2.25 bits per heavy atom. The van der Waals surface area contributed by atoms with Crippen LogP contribution < -0.4 is 16.3 Å². The average molecular weight is 299 g/mol. The van der Waals surface area contributed by atoms with E-state index in [0.717, 1.165) is 23.7 Å². The van der Waals surface area contributed by atoms with Crippen LogP contribution in [0.5, 0.6) is 0 Å². The molecule has 0 saturated heterocycles. The van der Waals surface area contributed by atoms with Crippen molar-refractivity contribution in [3.8, 4) is 0 Å². The predicted molar refractivity (Wildman–Crippen MR) is 88.7 cm³/mol. The topological polar surface area (TPSA) is 42.6 Å². The zero-order chi connectivity index (χ0) is 15.3. The molecule has 1 aliphatic rings. The van der Waals surface area contributed by atoms with Crippen molar-refractivity contribution >= 4 is 17.2 Å². The second-order valence-electron chi connectivity index (χ2n) is 6.05. The maximum absolute atomic E-state index is 5.27. The largest absolute Gasteiger partial charge is 0.298 e. The molecule has 1 heterocycles. The summed E-state index contributed by atoms with van der Waals surface area (Å²) >= 11 is 5.27. The summed E-state index contributed by atoms with van der Waals surface area (Å²) in [6.07, 6.45) is 2.95. The zero-order valence-corrected chi connectivity index (χ0v) is 14.3. The van der Waals surface area contributed by atoms with Crippen LogP contribution in [0.4, 0.5) is 0 Å². The molecule has 3 N–H and O–H groups in total. The average Bonchev–Trinajstić information content (AvgIpc) is 2.26. The molecule has 0 aromatic rings. The molecule has 5 nitrogen and oxygen atoms in total. The number of hydrazine groups is 3. The molecule has 0 atom stereocenters. The molecule has 0 spiro atoms. The second kappa shape index (κ2) is 7.93. The molecule has 0 aliphatic carbocycles. The van der Waals surface area contributed by atoms with E-state index >= 15 is 0 Å². The highest BCUT2D eigenvalue weighted by atomic mass is 32.1. The molecule has 0 saturated carbocycles. The lowest BCUT2D eigenvalue weighted by Crippen LogP contribution is -2.61. The number of hydrogen-bond acceptors (Lipinski definition) is 5. The van der Waals surface area contributed by atoms with E-state index in [0.29, 0.717) is 18.1 Å². The number of nitrogens with one attached hydrogen (secondary N) is 3. The van der Waals surface area contributed by atoms with E-state index < -0.39 is 0 Å². The quantitative estimate of drug-likeness (QED) is 0.624. The van der Waals surface area contributed by atoms with Gasteiger partial charge in [-0.2, -0.15) is 0 Å². The molecule has 0 unspecified atom stereocenters. The fraction of sp³-hybridized carbons (Fsp3) is 0.786. The summed E-state index contributed by atoms with van der Waals surface area (Å²) in [5, 5.41) is 1.75. The third-order valence-corrected chi connectivity index (χ3v) is 3.35. The van der Waals surface area contributed by atoms with E-state index in [4.69, 9.17) is 12.2 Å². The van der Waals surface area contributed by atoms with Crippen LogP contribution in [0.2, 0.25) is 0 Å². The van der Waals surface area contributed by atoms with E-state index in [1.54, 1.807) is 5.23 Å². The van der Waals surface area contributed by atoms with Gasteiger partial charge < -0.3 is 0 Å². The van der Waals surface area contributed by atoms with Gasteiger partial charge in [-0.3, -0.25) is 15.8 Å². The predicted octanol–water partition coefficient (Wildman–Crippen LogP) is 1.94. The van der Waals surface area contributed by atoms with E-state index in [1.165, 1.54) is 0 Å². The molecule has 116 valence electrons. The molecule has 0 fully saturated rings. The third-order valence-electron chi connectivity index (χ3n) is 3.14. The molecule has 0 bridgehead atoms. The van der Waals surface area contributed by atoms with Crippen LogP contribution in [-0.2, 0) is 0 Å². The van der Waals surface area contributed by atoms with E-state index in [-0.39, 0.29) is 0 Å². The molecule has 1 aliphatic heterocycles. The van der Waals surface area contributed by atoms with Gasteiger partial charge >= 0.3 is 0 Å². The van der Waals surface area contributed by atoms with Crippen molar-refractivity contribution in [1.29, 1.82) is 0 Å². The Kier molecular flexibility index (Phi) is 6.88. The SMILES string of the molecule is CC(C)NN1NC(=S)C=C(CCN(C(C)C)C(C)C)N1. The van der Waals surface area contributed by atoms with Gasteiger partial charge in [0.25, 0.3) is 0 Å². The first-order valence-corrected chi connectivity index (χ1v) is 7.80. The monoisotopic (exact) mass is 299 g/mol. The summed E-state index contributed by atoms with van der Waals surface area (Å²) in [4.78, 5) is 3.21. The molecule has 0 radical (unpaired) electrons. The van der Waals surface area contributed by atoms with Crippen molar-refractivity contribution in [2.45, 2.75) is 66.1 Å². The zero-order valence-electron chi connectivity index (χ0n) is 13.5. The molecule has 6 heteroatoms. The first-order chi connectivity index (χ1) is 9.29. The van der Waals surface area contributed by atoms with Crippen molar-refractivity contribution in [2.75, 3.05) is 6.54 Å². The van der Waals surface area contributed by atoms with Crippen LogP contribution in [0.1, 0.15) is 48.0 Å². The summed E-state index contributed by atoms with van der Waals surface area (Å²) in [7, 11) is 0. The van der Waals surface area contributed by atoms with Crippen molar-refractivity contribution in [3.05, 3.63) is 11.8 Å². The van der Waals surface area contributed by atoms with Crippen molar-refractivity contribution in [3.63, 3.8) is 0 Å². The van der Waals surface area contributed by atoms with E-state index in [1.807, 2.05) is 6.08 Å². The summed E-state index contributed by atoms with van der Waals surface area (Å²) in [5.41, 5.74) is 10.7. The maximum atomic E-state index is 5.27. The minimum Gasteiger partial charge on any atom is -0.298 e. The minimum absolute atomic E-state index is 0.333. The van der Waals surface area contributed by atoms with Gasteiger partial charge in [0, 0.05) is 36.8 Å². The first kappa shape index (κ1) is 17.4. The Morgan fingerprint density at radius 2 is 1.75 bits per heavy atom. The van der Waals surface area contributed by atoms with Gasteiger partial charge in [-0.05, 0) is 47.6 Å². The standard InChI is InChI=1S/C14H29N5S/c1-10(2)15-19-16-13(9-14(20)17-19)7-8-18(11(3)4)12(5)6/h9-12,15-16H,7-8H2,1-6H3,(H,17,20). The first-order valence-electron chi connectivity index (χ1n) is 7.39. The Morgan fingerprint density at radius 1 is 1.15 bits per heavy atom. The van der Waals surface area contributed by atoms with Gasteiger partial charge in [0.2, 0.25) is 0 Å². The number of thiocarbonyl (C=S) groups is 1. The van der Waals surface area contributed by atoms with Crippen molar-refractivity contribution in [1.82, 2.24) is 26.4 Å². The Labute approximate surface area is 128 Å². The van der Waals surface area contributed by atoms with Crippen LogP contribution in [0.15, 0.2) is 11.8 Å². The van der Waals surface area contributed by atoms with Gasteiger partial charge in [0.05, 0.1) is 0 Å². The molecule has 0 amide bonds. The van der Waals surface area contributed by atoms with Crippen LogP contribution in [0.3, 0.4) is 0 Å². The minimum atomic E-state index is 0.333. The van der Waals surface area contributed by atoms with Gasteiger partial charge in [0.1, 0.15) is 4.99 Å². The third kappa shape index (κ3) is 5.75. The Bertz CT molecular complexity index is 343. The molecule has 20 heavy (non-hydrogen) atoms. The lowest BCUT2D eigenvalue weighted by Gasteiger charge is -2.34. The fourth-order valence-corrected chi connectivity index (χ4v) is 2.55. The molecule has 0 aromatic carbocycles. The van der Waals surface area contributed by atoms with Crippen LogP contribution >= 0.6 is 12.2 Å². The number of hydrogen-bond donors (Lipinski definition) is 3. The highest BCUT2D eigenvalue weighted by Crippen LogP contribution is 2.10. The highest BCUT2D eigenvalue weighted by Gasteiger charge is 2.17. The Balaban J connectivity index is 2.56. The van der Waals surface area contributed by atoms with Crippen LogP contribution in [0.25, 0.3) is 0 Å². The smallest absolute Gasteiger partial charge is 0.117 e. The van der Waals surface area contributed by atoms with E-state index in [2.05, 4.69) is 62.7 Å². The summed E-state index contributed by atoms with van der Waals surface area (Å²) in [5.74, 6) is 0. The van der Waals surface area contributed by atoms with Crippen molar-refractivity contribution < 1.29 is 0 Å². The van der Waals surface area contributed by atoms with Gasteiger partial charge in [-0.25, -0.2) is 5.43 Å². The fourth-order valence-electron chi connectivity index (χ4n) is 2.32. The van der Waals surface area contributed by atoms with Gasteiger partial charge in [-0.1, -0.05) is 17.4 Å². The van der Waals surface area contributed by atoms with Crippen molar-refractivity contribution in [2.24, 2.45) is 0 Å². The molecular formula is C14H29N5S. The van der Waals surface area contributed by atoms with Crippen LogP contribution in [0, 0.1) is 0 Å². The number of nitrogens with zero attached hydrogens (tertiary/aromatic N) is 2. The van der Waals surface area contributed by atoms with Crippen LogP contribution in [-0.4, -0.2) is 39.8 Å².